The molecule has 0 aliphatic carbocycles. The van der Waals surface area contributed by atoms with E-state index in [9.17, 15) is 13.6 Å². The van der Waals surface area contributed by atoms with Crippen LogP contribution in [0.4, 0.5) is 20.4 Å². The molecule has 1 aromatic rings. The first kappa shape index (κ1) is 12.1. The van der Waals surface area contributed by atoms with E-state index in [0.29, 0.717) is 6.07 Å². The summed E-state index contributed by atoms with van der Waals surface area (Å²) in [5.41, 5.74) is 6.92. The average molecular weight is 231 g/mol. The second-order valence-corrected chi connectivity index (χ2v) is 3.06. The van der Waals surface area contributed by atoms with Crippen molar-refractivity contribution in [2.45, 2.75) is 13.0 Å². The van der Waals surface area contributed by atoms with Gasteiger partial charge in [0.25, 0.3) is 0 Å². The summed E-state index contributed by atoms with van der Waals surface area (Å²) in [6, 6.07) is -0.240. The Labute approximate surface area is 90.0 Å². The lowest BCUT2D eigenvalue weighted by Gasteiger charge is -2.12. The number of aromatic nitrogens is 1. The van der Waals surface area contributed by atoms with Gasteiger partial charge >= 0.3 is 0 Å². The van der Waals surface area contributed by atoms with Crippen molar-refractivity contribution in [3.05, 3.63) is 17.7 Å². The second kappa shape index (κ2) is 4.71. The van der Waals surface area contributed by atoms with Gasteiger partial charge in [-0.05, 0) is 6.92 Å². The maximum atomic E-state index is 13.2. The number of halogens is 2. The summed E-state index contributed by atoms with van der Waals surface area (Å²) in [7, 11) is 0. The maximum Gasteiger partial charge on any atom is 0.239 e. The lowest BCUT2D eigenvalue weighted by Crippen LogP contribution is -2.33. The van der Waals surface area contributed by atoms with Crippen molar-refractivity contribution in [3.8, 4) is 0 Å². The van der Waals surface area contributed by atoms with Gasteiger partial charge in [-0.15, -0.1) is 0 Å². The van der Waals surface area contributed by atoms with E-state index >= 15 is 0 Å². The molecule has 16 heavy (non-hydrogen) atoms. The molecule has 0 spiro atoms. The van der Waals surface area contributed by atoms with Crippen LogP contribution in [0.2, 0.25) is 0 Å². The number of anilines is 2. The molecule has 0 saturated heterocycles. The largest absolute Gasteiger partial charge is 0.368 e. The third-order valence-corrected chi connectivity index (χ3v) is 1.85. The Morgan fingerprint density at radius 2 is 2.00 bits per heavy atom. The molecular formula is C8H11F2N5O. The summed E-state index contributed by atoms with van der Waals surface area (Å²) in [6.45, 7) is 1.42. The Morgan fingerprint density at radius 1 is 1.44 bits per heavy atom. The van der Waals surface area contributed by atoms with Crippen LogP contribution in [0.5, 0.6) is 0 Å². The minimum atomic E-state index is -0.940. The molecule has 1 aromatic heterocycles. The molecule has 1 amide bonds. The van der Waals surface area contributed by atoms with Crippen molar-refractivity contribution in [2.24, 2.45) is 11.6 Å². The SMILES string of the molecule is CC(Nc1nc(NN)c(F)cc1F)C(N)=O. The zero-order valence-corrected chi connectivity index (χ0v) is 8.42. The Bertz CT molecular complexity index is 412. The monoisotopic (exact) mass is 231 g/mol. The molecule has 1 unspecified atom stereocenters. The highest BCUT2D eigenvalue weighted by Crippen LogP contribution is 2.18. The van der Waals surface area contributed by atoms with Gasteiger partial charge in [0.15, 0.2) is 23.3 Å². The van der Waals surface area contributed by atoms with Crippen LogP contribution in [-0.4, -0.2) is 16.9 Å². The van der Waals surface area contributed by atoms with Gasteiger partial charge in [0.1, 0.15) is 6.04 Å². The van der Waals surface area contributed by atoms with E-state index in [1.165, 1.54) is 6.92 Å². The van der Waals surface area contributed by atoms with E-state index in [0.717, 1.165) is 0 Å². The molecule has 0 bridgehead atoms. The van der Waals surface area contributed by atoms with Crippen molar-refractivity contribution in [3.63, 3.8) is 0 Å². The standard InChI is InChI=1S/C8H11F2N5O/c1-3(6(11)16)13-7-4(9)2-5(10)8(14-7)15-12/h2-3H,12H2,1H3,(H2,11,16)(H2,13,14,15). The number of carbonyl (C=O) groups excluding carboxylic acids is 1. The first-order valence-electron chi connectivity index (χ1n) is 4.34. The molecule has 6 nitrogen and oxygen atoms in total. The number of primary amides is 1. The molecule has 0 aromatic carbocycles. The number of pyridine rings is 1. The van der Waals surface area contributed by atoms with Gasteiger partial charge in [-0.25, -0.2) is 19.6 Å². The summed E-state index contributed by atoms with van der Waals surface area (Å²) >= 11 is 0. The Morgan fingerprint density at radius 3 is 2.50 bits per heavy atom. The third-order valence-electron chi connectivity index (χ3n) is 1.85. The molecule has 0 radical (unpaired) electrons. The molecule has 0 aliphatic heterocycles. The fraction of sp³-hybridized carbons (Fsp3) is 0.250. The number of nitrogens with two attached hydrogens (primary N) is 2. The van der Waals surface area contributed by atoms with Crippen LogP contribution in [0.25, 0.3) is 0 Å². The van der Waals surface area contributed by atoms with Gasteiger partial charge in [0, 0.05) is 6.07 Å². The topological polar surface area (TPSA) is 106 Å². The van der Waals surface area contributed by atoms with Crippen molar-refractivity contribution < 1.29 is 13.6 Å². The van der Waals surface area contributed by atoms with E-state index < -0.39 is 23.6 Å². The van der Waals surface area contributed by atoms with Crippen LogP contribution in [0.3, 0.4) is 0 Å². The van der Waals surface area contributed by atoms with Crippen LogP contribution < -0.4 is 22.3 Å². The smallest absolute Gasteiger partial charge is 0.239 e. The number of amides is 1. The van der Waals surface area contributed by atoms with E-state index in [4.69, 9.17) is 11.6 Å². The number of hydrogen-bond donors (Lipinski definition) is 4. The molecule has 1 atom stereocenters. The van der Waals surface area contributed by atoms with E-state index in [-0.39, 0.29) is 11.6 Å². The lowest BCUT2D eigenvalue weighted by atomic mass is 10.3. The Hall–Kier alpha value is -1.96. The van der Waals surface area contributed by atoms with Crippen molar-refractivity contribution in [1.29, 1.82) is 0 Å². The zero-order valence-electron chi connectivity index (χ0n) is 8.42. The molecule has 0 fully saturated rings. The predicted octanol–water partition coefficient (Wildman–Crippen LogP) is -0.0689. The number of nitrogen functional groups attached to an aromatic ring is 1. The van der Waals surface area contributed by atoms with E-state index in [1.54, 1.807) is 0 Å². The average Bonchev–Trinajstić information content (AvgIpc) is 2.21. The summed E-state index contributed by atoms with van der Waals surface area (Å²) in [5.74, 6) is 1.77. The maximum absolute atomic E-state index is 13.2. The highest BCUT2D eigenvalue weighted by atomic mass is 19.1. The lowest BCUT2D eigenvalue weighted by molar-refractivity contribution is -0.118. The Kier molecular flexibility index (Phi) is 3.56. The normalized spacial score (nSPS) is 12.0. The fourth-order valence-corrected chi connectivity index (χ4v) is 0.945. The molecule has 8 heteroatoms. The zero-order chi connectivity index (χ0) is 12.3. The van der Waals surface area contributed by atoms with Crippen molar-refractivity contribution >= 4 is 17.5 Å². The molecule has 0 aliphatic rings. The number of hydrogen-bond acceptors (Lipinski definition) is 5. The van der Waals surface area contributed by atoms with Crippen LogP contribution >= 0.6 is 0 Å². The molecule has 1 rings (SSSR count). The molecule has 1 heterocycles. The quantitative estimate of drug-likeness (QED) is 0.429. The highest BCUT2D eigenvalue weighted by molar-refractivity contribution is 5.82. The number of nitrogens with one attached hydrogen (secondary N) is 2. The highest BCUT2D eigenvalue weighted by Gasteiger charge is 2.15. The minimum Gasteiger partial charge on any atom is -0.368 e. The molecular weight excluding hydrogens is 220 g/mol. The second-order valence-electron chi connectivity index (χ2n) is 3.06. The van der Waals surface area contributed by atoms with E-state index in [1.807, 2.05) is 5.43 Å². The van der Waals surface area contributed by atoms with Crippen molar-refractivity contribution in [2.75, 3.05) is 10.7 Å². The number of nitrogens with zero attached hydrogens (tertiary/aromatic N) is 1. The third kappa shape index (κ3) is 2.54. The van der Waals surface area contributed by atoms with Crippen LogP contribution in [0.15, 0.2) is 6.07 Å². The molecule has 0 saturated carbocycles. The number of hydrazine groups is 1. The van der Waals surface area contributed by atoms with Gasteiger partial charge in [0.2, 0.25) is 5.91 Å². The van der Waals surface area contributed by atoms with Gasteiger partial charge in [0.05, 0.1) is 0 Å². The van der Waals surface area contributed by atoms with Crippen LogP contribution in [0.1, 0.15) is 6.92 Å². The van der Waals surface area contributed by atoms with Crippen LogP contribution in [0, 0.1) is 11.6 Å². The van der Waals surface area contributed by atoms with Crippen LogP contribution in [-0.2, 0) is 4.79 Å². The number of carbonyl (C=O) groups is 1. The van der Waals surface area contributed by atoms with E-state index in [2.05, 4.69) is 10.3 Å². The first-order chi connectivity index (χ1) is 7.45. The fourth-order valence-electron chi connectivity index (χ4n) is 0.945. The van der Waals surface area contributed by atoms with Gasteiger partial charge in [-0.2, -0.15) is 0 Å². The molecule has 6 N–H and O–H groups in total. The van der Waals surface area contributed by atoms with Gasteiger partial charge < -0.3 is 16.5 Å². The summed E-state index contributed by atoms with van der Waals surface area (Å²) < 4.78 is 26.2. The van der Waals surface area contributed by atoms with Gasteiger partial charge in [-0.1, -0.05) is 0 Å². The summed E-state index contributed by atoms with van der Waals surface area (Å²) in [4.78, 5) is 14.2. The van der Waals surface area contributed by atoms with Crippen molar-refractivity contribution in [1.82, 2.24) is 4.98 Å². The number of rotatable bonds is 4. The first-order valence-corrected chi connectivity index (χ1v) is 4.34. The summed E-state index contributed by atoms with van der Waals surface area (Å²) in [5, 5.41) is 2.39. The van der Waals surface area contributed by atoms with Gasteiger partial charge in [-0.3, -0.25) is 4.79 Å². The minimum absolute atomic E-state index is 0.305. The Balaban J connectivity index is 3.00. The predicted molar refractivity (Wildman–Crippen MR) is 54.2 cm³/mol. The summed E-state index contributed by atoms with van der Waals surface area (Å²) in [6.07, 6.45) is 0. The molecule has 88 valence electrons.